The topological polar surface area (TPSA) is 66.5 Å². The maximum atomic E-state index is 12.0. The molecular formula is C20H19N3O2. The summed E-state index contributed by atoms with van der Waals surface area (Å²) in [5.41, 5.74) is 5.61. The maximum Gasteiger partial charge on any atom is 0.287 e. The summed E-state index contributed by atoms with van der Waals surface area (Å²) in [6.07, 6.45) is 1.69. The molecule has 0 radical (unpaired) electrons. The van der Waals surface area contributed by atoms with Crippen LogP contribution < -0.4 is 10.2 Å². The Balaban J connectivity index is 1.70. The van der Waals surface area contributed by atoms with Crippen molar-refractivity contribution in [1.29, 1.82) is 0 Å². The van der Waals surface area contributed by atoms with Crippen molar-refractivity contribution in [2.24, 2.45) is 5.10 Å². The number of nitrogens with zero attached hydrogens (tertiary/aromatic N) is 1. The molecule has 0 aliphatic carbocycles. The fourth-order valence-electron chi connectivity index (χ4n) is 2.35. The molecule has 5 heteroatoms. The summed E-state index contributed by atoms with van der Waals surface area (Å²) in [6, 6.07) is 21.0. The van der Waals surface area contributed by atoms with Crippen LogP contribution in [0.15, 0.2) is 78.0 Å². The smallest absolute Gasteiger partial charge is 0.287 e. The molecule has 0 fully saturated rings. The van der Waals surface area contributed by atoms with E-state index in [0.717, 1.165) is 16.9 Å². The highest BCUT2D eigenvalue weighted by Gasteiger charge is 2.09. The molecule has 1 aromatic heterocycles. The largest absolute Gasteiger partial charge is 0.488 e. The number of para-hydroxylation sites is 1. The Kier molecular flexibility index (Phi) is 5.26. The van der Waals surface area contributed by atoms with Gasteiger partial charge in [-0.1, -0.05) is 42.5 Å². The van der Waals surface area contributed by atoms with E-state index in [0.29, 0.717) is 18.0 Å². The number of hydrazone groups is 1. The second-order valence-corrected chi connectivity index (χ2v) is 5.49. The minimum absolute atomic E-state index is 0.285. The molecule has 0 unspecified atom stereocenters. The van der Waals surface area contributed by atoms with Crippen LogP contribution in [0.25, 0.3) is 0 Å². The normalized spacial score (nSPS) is 11.2. The van der Waals surface area contributed by atoms with Gasteiger partial charge in [0.2, 0.25) is 0 Å². The molecule has 3 rings (SSSR count). The fourth-order valence-corrected chi connectivity index (χ4v) is 2.35. The summed E-state index contributed by atoms with van der Waals surface area (Å²) >= 11 is 0. The number of amides is 1. The predicted octanol–water partition coefficient (Wildman–Crippen LogP) is 3.75. The number of hydrogen-bond donors (Lipinski definition) is 2. The molecule has 3 aromatic rings. The lowest BCUT2D eigenvalue weighted by atomic mass is 10.1. The predicted molar refractivity (Wildman–Crippen MR) is 97.7 cm³/mol. The molecule has 0 spiro atoms. The Hall–Kier alpha value is -3.34. The van der Waals surface area contributed by atoms with E-state index in [-0.39, 0.29) is 5.91 Å². The van der Waals surface area contributed by atoms with Crippen molar-refractivity contribution >= 4 is 11.6 Å². The summed E-state index contributed by atoms with van der Waals surface area (Å²) in [5.74, 6) is 0.439. The van der Waals surface area contributed by atoms with Gasteiger partial charge in [0.1, 0.15) is 18.1 Å². The molecule has 2 aromatic carbocycles. The summed E-state index contributed by atoms with van der Waals surface area (Å²) in [6.45, 7) is 2.31. The highest BCUT2D eigenvalue weighted by molar-refractivity contribution is 6.02. The zero-order chi connectivity index (χ0) is 17.5. The SMILES string of the molecule is C/C(=N/NC(=O)c1ccc[nH]1)c1ccccc1OCc1ccccc1. The van der Waals surface area contributed by atoms with E-state index in [2.05, 4.69) is 15.5 Å². The molecule has 0 saturated heterocycles. The van der Waals surface area contributed by atoms with Crippen LogP contribution in [0.5, 0.6) is 5.75 Å². The average molecular weight is 333 g/mol. The number of carbonyl (C=O) groups excluding carboxylic acids is 1. The third kappa shape index (κ3) is 4.35. The van der Waals surface area contributed by atoms with E-state index in [1.807, 2.05) is 61.5 Å². The molecule has 0 saturated carbocycles. The van der Waals surface area contributed by atoms with Gasteiger partial charge in [-0.15, -0.1) is 0 Å². The lowest BCUT2D eigenvalue weighted by Crippen LogP contribution is -2.19. The molecule has 0 aliphatic heterocycles. The van der Waals surface area contributed by atoms with E-state index >= 15 is 0 Å². The Morgan fingerprint density at radius 2 is 1.80 bits per heavy atom. The summed E-state index contributed by atoms with van der Waals surface area (Å²) < 4.78 is 5.92. The van der Waals surface area contributed by atoms with Crippen LogP contribution in [0, 0.1) is 0 Å². The first-order valence-electron chi connectivity index (χ1n) is 7.98. The molecule has 126 valence electrons. The van der Waals surface area contributed by atoms with Crippen LogP contribution in [-0.4, -0.2) is 16.6 Å². The highest BCUT2D eigenvalue weighted by Crippen LogP contribution is 2.20. The second-order valence-electron chi connectivity index (χ2n) is 5.49. The lowest BCUT2D eigenvalue weighted by molar-refractivity contribution is 0.0950. The molecule has 0 bridgehead atoms. The zero-order valence-electron chi connectivity index (χ0n) is 13.9. The molecule has 0 aliphatic rings. The van der Waals surface area contributed by atoms with Crippen molar-refractivity contribution in [2.75, 3.05) is 0 Å². The molecule has 5 nitrogen and oxygen atoms in total. The van der Waals surface area contributed by atoms with Crippen molar-refractivity contribution < 1.29 is 9.53 Å². The van der Waals surface area contributed by atoms with E-state index in [1.54, 1.807) is 18.3 Å². The first-order valence-corrected chi connectivity index (χ1v) is 7.98. The van der Waals surface area contributed by atoms with Crippen LogP contribution >= 0.6 is 0 Å². The standard InChI is InChI=1S/C20H19N3O2/c1-15(22-23-20(24)18-11-7-13-21-18)17-10-5-6-12-19(17)25-14-16-8-3-2-4-9-16/h2-13,21H,14H2,1H3,(H,23,24)/b22-15-. The quantitative estimate of drug-likeness (QED) is 0.533. The highest BCUT2D eigenvalue weighted by atomic mass is 16.5. The van der Waals surface area contributed by atoms with Gasteiger partial charge in [-0.2, -0.15) is 5.10 Å². The van der Waals surface area contributed by atoms with Gasteiger partial charge < -0.3 is 9.72 Å². The van der Waals surface area contributed by atoms with Gasteiger partial charge in [0.25, 0.3) is 5.91 Å². The van der Waals surface area contributed by atoms with Crippen molar-refractivity contribution in [3.63, 3.8) is 0 Å². The van der Waals surface area contributed by atoms with Gasteiger partial charge in [0.05, 0.1) is 5.71 Å². The molecule has 2 N–H and O–H groups in total. The van der Waals surface area contributed by atoms with Gasteiger partial charge in [-0.05, 0) is 36.8 Å². The van der Waals surface area contributed by atoms with E-state index in [9.17, 15) is 4.79 Å². The van der Waals surface area contributed by atoms with E-state index in [4.69, 9.17) is 4.74 Å². The number of H-pyrrole nitrogens is 1. The third-order valence-electron chi connectivity index (χ3n) is 3.68. The van der Waals surface area contributed by atoms with Crippen LogP contribution in [0.1, 0.15) is 28.5 Å². The van der Waals surface area contributed by atoms with Crippen molar-refractivity contribution in [3.05, 3.63) is 89.7 Å². The fraction of sp³-hybridized carbons (Fsp3) is 0.100. The molecule has 1 heterocycles. The summed E-state index contributed by atoms with van der Waals surface area (Å²) in [4.78, 5) is 14.8. The van der Waals surface area contributed by atoms with Crippen LogP contribution in [0.3, 0.4) is 0 Å². The number of benzene rings is 2. The monoisotopic (exact) mass is 333 g/mol. The van der Waals surface area contributed by atoms with Crippen LogP contribution in [-0.2, 0) is 6.61 Å². The zero-order valence-corrected chi connectivity index (χ0v) is 13.9. The number of aromatic amines is 1. The number of carbonyl (C=O) groups is 1. The Labute approximate surface area is 146 Å². The average Bonchev–Trinajstić information content (AvgIpc) is 3.20. The molecule has 1 amide bonds. The minimum atomic E-state index is -0.285. The van der Waals surface area contributed by atoms with E-state index < -0.39 is 0 Å². The number of hydrogen-bond acceptors (Lipinski definition) is 3. The number of nitrogens with one attached hydrogen (secondary N) is 2. The van der Waals surface area contributed by atoms with Crippen LogP contribution in [0.2, 0.25) is 0 Å². The second kappa shape index (κ2) is 7.97. The molecule has 25 heavy (non-hydrogen) atoms. The van der Waals surface area contributed by atoms with Crippen molar-refractivity contribution in [1.82, 2.24) is 10.4 Å². The lowest BCUT2D eigenvalue weighted by Gasteiger charge is -2.11. The number of aromatic nitrogens is 1. The molecule has 0 atom stereocenters. The van der Waals surface area contributed by atoms with Crippen molar-refractivity contribution in [3.8, 4) is 5.75 Å². The van der Waals surface area contributed by atoms with Gasteiger partial charge in [0.15, 0.2) is 0 Å². The maximum absolute atomic E-state index is 12.0. The van der Waals surface area contributed by atoms with E-state index in [1.165, 1.54) is 0 Å². The number of ether oxygens (including phenoxy) is 1. The number of rotatable bonds is 6. The minimum Gasteiger partial charge on any atom is -0.488 e. The first kappa shape index (κ1) is 16.5. The first-order chi connectivity index (χ1) is 12.2. The Bertz CT molecular complexity index is 856. The third-order valence-corrected chi connectivity index (χ3v) is 3.68. The molecular weight excluding hydrogens is 314 g/mol. The summed E-state index contributed by atoms with van der Waals surface area (Å²) in [7, 11) is 0. The van der Waals surface area contributed by atoms with Crippen molar-refractivity contribution in [2.45, 2.75) is 13.5 Å². The van der Waals surface area contributed by atoms with Gasteiger partial charge in [0, 0.05) is 11.8 Å². The van der Waals surface area contributed by atoms with Gasteiger partial charge >= 0.3 is 0 Å². The van der Waals surface area contributed by atoms with Crippen LogP contribution in [0.4, 0.5) is 0 Å². The Morgan fingerprint density at radius 3 is 2.56 bits per heavy atom. The summed E-state index contributed by atoms with van der Waals surface area (Å²) in [5, 5.41) is 4.18. The van der Waals surface area contributed by atoms with Gasteiger partial charge in [-0.25, -0.2) is 5.43 Å². The Morgan fingerprint density at radius 1 is 1.04 bits per heavy atom. The van der Waals surface area contributed by atoms with Gasteiger partial charge in [-0.3, -0.25) is 4.79 Å².